The predicted molar refractivity (Wildman–Crippen MR) is 87.7 cm³/mol. The van der Waals surface area contributed by atoms with Crippen LogP contribution in [-0.2, 0) is 4.74 Å². The molecule has 0 saturated heterocycles. The van der Waals surface area contributed by atoms with E-state index in [-0.39, 0.29) is 11.7 Å². The van der Waals surface area contributed by atoms with E-state index in [1.165, 1.54) is 18.9 Å². The average molecular weight is 316 g/mol. The van der Waals surface area contributed by atoms with Gasteiger partial charge in [0.1, 0.15) is 5.58 Å². The van der Waals surface area contributed by atoms with Crippen LogP contribution < -0.4 is 10.9 Å². The van der Waals surface area contributed by atoms with Crippen molar-refractivity contribution in [2.45, 2.75) is 12.8 Å². The number of carbonyl (C=O) groups is 1. The van der Waals surface area contributed by atoms with Gasteiger partial charge in [0.25, 0.3) is 0 Å². The van der Waals surface area contributed by atoms with E-state index in [2.05, 4.69) is 5.32 Å². The van der Waals surface area contributed by atoms with Crippen molar-refractivity contribution >= 4 is 22.7 Å². The first-order valence-corrected chi connectivity index (χ1v) is 7.75. The molecule has 2 aromatic rings. The fourth-order valence-electron chi connectivity index (χ4n) is 2.21. The SMILES string of the molecule is CN(CCOCC1CC1)C(=O)Nc1ccc2oc(=O)ccc2c1. The number of likely N-dealkylation sites (N-methyl/N-ethyl adjacent to an activating group) is 1. The maximum atomic E-state index is 12.1. The Morgan fingerprint density at radius 3 is 2.96 bits per heavy atom. The number of carbonyl (C=O) groups excluding carboxylic acids is 1. The third kappa shape index (κ3) is 4.32. The first kappa shape index (κ1) is 15.6. The lowest BCUT2D eigenvalue weighted by atomic mass is 10.2. The highest BCUT2D eigenvalue weighted by molar-refractivity contribution is 5.92. The van der Waals surface area contributed by atoms with Crippen molar-refractivity contribution in [1.29, 1.82) is 0 Å². The molecule has 1 aliphatic rings. The summed E-state index contributed by atoms with van der Waals surface area (Å²) < 4.78 is 10.6. The molecule has 23 heavy (non-hydrogen) atoms. The Morgan fingerprint density at radius 1 is 1.35 bits per heavy atom. The number of hydrogen-bond donors (Lipinski definition) is 1. The van der Waals surface area contributed by atoms with E-state index < -0.39 is 0 Å². The summed E-state index contributed by atoms with van der Waals surface area (Å²) in [6.07, 6.45) is 2.52. The van der Waals surface area contributed by atoms with E-state index in [1.54, 1.807) is 36.2 Å². The van der Waals surface area contributed by atoms with E-state index in [0.717, 1.165) is 17.9 Å². The molecule has 1 fully saturated rings. The Labute approximate surface area is 134 Å². The van der Waals surface area contributed by atoms with Crippen LogP contribution in [0.5, 0.6) is 0 Å². The molecule has 0 spiro atoms. The molecule has 0 aliphatic heterocycles. The maximum Gasteiger partial charge on any atom is 0.336 e. The van der Waals surface area contributed by atoms with Gasteiger partial charge >= 0.3 is 11.7 Å². The summed E-state index contributed by atoms with van der Waals surface area (Å²) in [5.41, 5.74) is 0.764. The van der Waals surface area contributed by atoms with E-state index >= 15 is 0 Å². The van der Waals surface area contributed by atoms with Crippen molar-refractivity contribution < 1.29 is 13.9 Å². The lowest BCUT2D eigenvalue weighted by Gasteiger charge is -2.18. The maximum absolute atomic E-state index is 12.1. The van der Waals surface area contributed by atoms with Gasteiger partial charge in [0.15, 0.2) is 0 Å². The third-order valence-electron chi connectivity index (χ3n) is 3.84. The Balaban J connectivity index is 1.53. The number of ether oxygens (including phenoxy) is 1. The Bertz CT molecular complexity index is 752. The molecule has 2 amide bonds. The molecule has 1 saturated carbocycles. The highest BCUT2D eigenvalue weighted by atomic mass is 16.5. The molecule has 1 aliphatic carbocycles. The number of fused-ring (bicyclic) bond motifs is 1. The number of urea groups is 1. The number of hydrogen-bond acceptors (Lipinski definition) is 4. The Hall–Kier alpha value is -2.34. The topological polar surface area (TPSA) is 71.8 Å². The van der Waals surface area contributed by atoms with Crippen LogP contribution in [0.2, 0.25) is 0 Å². The summed E-state index contributed by atoms with van der Waals surface area (Å²) in [6, 6.07) is 7.99. The summed E-state index contributed by atoms with van der Waals surface area (Å²) in [4.78, 5) is 24.9. The van der Waals surface area contributed by atoms with Crippen molar-refractivity contribution in [2.24, 2.45) is 5.92 Å². The first-order chi connectivity index (χ1) is 11.1. The van der Waals surface area contributed by atoms with Crippen molar-refractivity contribution in [3.8, 4) is 0 Å². The largest absolute Gasteiger partial charge is 0.423 e. The Kier molecular flexibility index (Phi) is 4.62. The summed E-state index contributed by atoms with van der Waals surface area (Å²) in [5, 5.41) is 3.58. The highest BCUT2D eigenvalue weighted by Gasteiger charge is 2.21. The molecule has 1 aromatic carbocycles. The zero-order valence-electron chi connectivity index (χ0n) is 13.1. The number of benzene rings is 1. The van der Waals surface area contributed by atoms with Crippen LogP contribution in [0.25, 0.3) is 11.0 Å². The molecule has 1 heterocycles. The molecule has 0 atom stereocenters. The van der Waals surface area contributed by atoms with Gasteiger partial charge in [-0.3, -0.25) is 0 Å². The molecule has 0 unspecified atom stereocenters. The highest BCUT2D eigenvalue weighted by Crippen LogP contribution is 2.28. The number of rotatable bonds is 6. The number of nitrogens with one attached hydrogen (secondary N) is 1. The fourth-order valence-corrected chi connectivity index (χ4v) is 2.21. The van der Waals surface area contributed by atoms with E-state index in [4.69, 9.17) is 9.15 Å². The van der Waals surface area contributed by atoms with Crippen molar-refractivity contribution in [3.05, 3.63) is 40.8 Å². The molecule has 6 heteroatoms. The van der Waals surface area contributed by atoms with Gasteiger partial charge in [-0.25, -0.2) is 9.59 Å². The van der Waals surface area contributed by atoms with Crippen LogP contribution in [0.4, 0.5) is 10.5 Å². The molecular weight excluding hydrogens is 296 g/mol. The van der Waals surface area contributed by atoms with Crippen molar-refractivity contribution in [3.63, 3.8) is 0 Å². The number of amides is 2. The van der Waals surface area contributed by atoms with Crippen molar-refractivity contribution in [2.75, 3.05) is 32.1 Å². The molecule has 122 valence electrons. The zero-order valence-corrected chi connectivity index (χ0v) is 13.1. The van der Waals surface area contributed by atoms with Crippen LogP contribution in [0.3, 0.4) is 0 Å². The zero-order chi connectivity index (χ0) is 16.2. The molecule has 1 aromatic heterocycles. The lowest BCUT2D eigenvalue weighted by molar-refractivity contribution is 0.109. The minimum absolute atomic E-state index is 0.197. The van der Waals surface area contributed by atoms with Crippen molar-refractivity contribution in [1.82, 2.24) is 4.90 Å². The summed E-state index contributed by atoms with van der Waals surface area (Å²) >= 11 is 0. The second-order valence-electron chi connectivity index (χ2n) is 5.88. The van der Waals surface area contributed by atoms with Crippen LogP contribution in [-0.4, -0.2) is 37.7 Å². The lowest BCUT2D eigenvalue weighted by Crippen LogP contribution is -2.34. The molecular formula is C17H20N2O4. The second kappa shape index (κ2) is 6.83. The predicted octanol–water partition coefficient (Wildman–Crippen LogP) is 2.68. The van der Waals surface area contributed by atoms with Crippen LogP contribution in [0.1, 0.15) is 12.8 Å². The Morgan fingerprint density at radius 2 is 2.17 bits per heavy atom. The van der Waals surface area contributed by atoms with Gasteiger partial charge in [-0.05, 0) is 43.0 Å². The van der Waals surface area contributed by atoms with Gasteiger partial charge < -0.3 is 19.4 Å². The quantitative estimate of drug-likeness (QED) is 0.657. The molecule has 1 N–H and O–H groups in total. The normalized spacial score (nSPS) is 14.0. The van der Waals surface area contributed by atoms with Crippen LogP contribution in [0, 0.1) is 5.92 Å². The van der Waals surface area contributed by atoms with Gasteiger partial charge in [-0.2, -0.15) is 0 Å². The molecule has 0 radical (unpaired) electrons. The van der Waals surface area contributed by atoms with Crippen LogP contribution in [0.15, 0.2) is 39.5 Å². The van der Waals surface area contributed by atoms with Gasteiger partial charge in [0.2, 0.25) is 0 Å². The van der Waals surface area contributed by atoms with Gasteiger partial charge in [0.05, 0.1) is 6.61 Å². The van der Waals surface area contributed by atoms with Gasteiger partial charge in [-0.1, -0.05) is 0 Å². The third-order valence-corrected chi connectivity index (χ3v) is 3.84. The minimum atomic E-state index is -0.389. The molecule has 6 nitrogen and oxygen atoms in total. The number of anilines is 1. The monoisotopic (exact) mass is 316 g/mol. The first-order valence-electron chi connectivity index (χ1n) is 7.75. The summed E-state index contributed by atoms with van der Waals surface area (Å²) in [7, 11) is 1.73. The molecule has 3 rings (SSSR count). The van der Waals surface area contributed by atoms with Crippen LogP contribution >= 0.6 is 0 Å². The van der Waals surface area contributed by atoms with E-state index in [1.807, 2.05) is 0 Å². The van der Waals surface area contributed by atoms with Gasteiger partial charge in [-0.15, -0.1) is 0 Å². The second-order valence-corrected chi connectivity index (χ2v) is 5.88. The summed E-state index contributed by atoms with van der Waals surface area (Å²) in [6.45, 7) is 1.88. The minimum Gasteiger partial charge on any atom is -0.423 e. The summed E-state index contributed by atoms with van der Waals surface area (Å²) in [5.74, 6) is 0.729. The number of nitrogens with zero attached hydrogens (tertiary/aromatic N) is 1. The van der Waals surface area contributed by atoms with Gasteiger partial charge in [0, 0.05) is 37.3 Å². The average Bonchev–Trinajstić information content (AvgIpc) is 3.35. The molecule has 0 bridgehead atoms. The smallest absolute Gasteiger partial charge is 0.336 e. The van der Waals surface area contributed by atoms with E-state index in [0.29, 0.717) is 24.4 Å². The fraction of sp³-hybridized carbons (Fsp3) is 0.412. The standard InChI is InChI=1S/C17H20N2O4/c1-19(8-9-22-11-12-2-3-12)17(21)18-14-5-6-15-13(10-14)4-7-16(20)23-15/h4-7,10,12H,2-3,8-9,11H2,1H3,(H,18,21). The van der Waals surface area contributed by atoms with E-state index in [9.17, 15) is 9.59 Å².